The van der Waals surface area contributed by atoms with E-state index in [1.165, 1.54) is 18.5 Å². The third kappa shape index (κ3) is 2.59. The fourth-order valence-electron chi connectivity index (χ4n) is 2.73. The highest BCUT2D eigenvalue weighted by molar-refractivity contribution is 6.31. The monoisotopic (exact) mass is 326 g/mol. The maximum Gasteiger partial charge on any atom is 0.137 e. The molecule has 0 aliphatic heterocycles. The van der Waals surface area contributed by atoms with E-state index in [-0.39, 0.29) is 5.82 Å². The molecule has 0 saturated carbocycles. The fraction of sp³-hybridized carbons (Fsp3) is 0.0588. The van der Waals surface area contributed by atoms with Gasteiger partial charge < -0.3 is 4.98 Å². The molecular formula is C17H12ClFN4. The Balaban J connectivity index is 1.92. The van der Waals surface area contributed by atoms with Gasteiger partial charge in [-0.25, -0.2) is 14.1 Å². The van der Waals surface area contributed by atoms with Gasteiger partial charge in [0.1, 0.15) is 18.5 Å². The molecule has 2 aromatic carbocycles. The summed E-state index contributed by atoms with van der Waals surface area (Å²) < 4.78 is 15.0. The van der Waals surface area contributed by atoms with Crippen LogP contribution in [0.5, 0.6) is 0 Å². The zero-order valence-electron chi connectivity index (χ0n) is 12.0. The van der Waals surface area contributed by atoms with E-state index in [1.807, 2.05) is 18.2 Å². The highest BCUT2D eigenvalue weighted by Crippen LogP contribution is 2.32. The summed E-state index contributed by atoms with van der Waals surface area (Å²) in [6.45, 7) is 0.564. The Morgan fingerprint density at radius 1 is 1.13 bits per heavy atom. The Hall–Kier alpha value is -2.66. The molecule has 4 nitrogen and oxygen atoms in total. The van der Waals surface area contributed by atoms with E-state index in [4.69, 9.17) is 11.6 Å². The second-order valence-corrected chi connectivity index (χ2v) is 5.70. The molecule has 0 fully saturated rings. The molecule has 4 rings (SSSR count). The number of rotatable bonds is 3. The summed E-state index contributed by atoms with van der Waals surface area (Å²) in [6.07, 6.45) is 3.17. The number of hydrogen-bond donors (Lipinski definition) is 1. The summed E-state index contributed by atoms with van der Waals surface area (Å²) >= 11 is 6.09. The van der Waals surface area contributed by atoms with Crippen LogP contribution >= 0.6 is 11.6 Å². The normalized spacial score (nSPS) is 11.2. The first-order valence-electron chi connectivity index (χ1n) is 7.09. The third-order valence-corrected chi connectivity index (χ3v) is 4.02. The molecule has 0 atom stereocenters. The van der Waals surface area contributed by atoms with Crippen LogP contribution < -0.4 is 0 Å². The van der Waals surface area contributed by atoms with Crippen molar-refractivity contribution in [1.29, 1.82) is 0 Å². The molecule has 0 amide bonds. The highest BCUT2D eigenvalue weighted by Gasteiger charge is 2.14. The van der Waals surface area contributed by atoms with Gasteiger partial charge in [-0.05, 0) is 42.0 Å². The minimum atomic E-state index is -0.259. The molecule has 0 aliphatic rings. The number of benzene rings is 2. The Labute approximate surface area is 136 Å². The average molecular weight is 327 g/mol. The van der Waals surface area contributed by atoms with Crippen molar-refractivity contribution in [3.8, 4) is 11.3 Å². The van der Waals surface area contributed by atoms with Gasteiger partial charge in [0, 0.05) is 21.5 Å². The number of hydrogen-bond acceptors (Lipinski definition) is 2. The summed E-state index contributed by atoms with van der Waals surface area (Å²) in [5, 5.41) is 5.89. The van der Waals surface area contributed by atoms with Crippen LogP contribution in [0, 0.1) is 5.82 Å². The summed E-state index contributed by atoms with van der Waals surface area (Å²) in [7, 11) is 0. The number of H-pyrrole nitrogens is 1. The first-order valence-corrected chi connectivity index (χ1v) is 7.47. The van der Waals surface area contributed by atoms with E-state index in [9.17, 15) is 4.39 Å². The first-order chi connectivity index (χ1) is 11.2. The lowest BCUT2D eigenvalue weighted by Crippen LogP contribution is -2.01. The number of nitrogens with one attached hydrogen (secondary N) is 1. The molecule has 2 aromatic heterocycles. The lowest BCUT2D eigenvalue weighted by molar-refractivity contribution is 0.628. The van der Waals surface area contributed by atoms with Gasteiger partial charge in [0.05, 0.1) is 12.2 Å². The van der Waals surface area contributed by atoms with E-state index in [0.29, 0.717) is 11.6 Å². The lowest BCUT2D eigenvalue weighted by atomic mass is 10.1. The van der Waals surface area contributed by atoms with Crippen molar-refractivity contribution < 1.29 is 4.39 Å². The van der Waals surface area contributed by atoms with Crippen LogP contribution in [0.1, 0.15) is 5.56 Å². The fourth-order valence-corrected chi connectivity index (χ4v) is 2.90. The zero-order valence-corrected chi connectivity index (χ0v) is 12.8. The Morgan fingerprint density at radius 3 is 2.70 bits per heavy atom. The van der Waals surface area contributed by atoms with Crippen LogP contribution in [-0.2, 0) is 6.54 Å². The number of aromatic amines is 1. The van der Waals surface area contributed by atoms with Crippen LogP contribution in [0.4, 0.5) is 4.39 Å². The minimum absolute atomic E-state index is 0.259. The van der Waals surface area contributed by atoms with Gasteiger partial charge in [-0.2, -0.15) is 5.10 Å². The second-order valence-electron chi connectivity index (χ2n) is 5.27. The molecule has 0 spiro atoms. The van der Waals surface area contributed by atoms with Gasteiger partial charge in [-0.1, -0.05) is 17.7 Å². The molecular weight excluding hydrogens is 315 g/mol. The molecule has 6 heteroatoms. The zero-order chi connectivity index (χ0) is 15.8. The van der Waals surface area contributed by atoms with Crippen molar-refractivity contribution in [3.63, 3.8) is 0 Å². The second kappa shape index (κ2) is 5.52. The molecule has 0 unspecified atom stereocenters. The van der Waals surface area contributed by atoms with Gasteiger partial charge in [-0.15, -0.1) is 0 Å². The minimum Gasteiger partial charge on any atom is -0.354 e. The van der Waals surface area contributed by atoms with E-state index in [2.05, 4.69) is 15.1 Å². The molecule has 114 valence electrons. The van der Waals surface area contributed by atoms with Crippen LogP contribution in [0.15, 0.2) is 55.1 Å². The highest BCUT2D eigenvalue weighted by atomic mass is 35.5. The first kappa shape index (κ1) is 14.0. The largest absolute Gasteiger partial charge is 0.354 e. The maximum atomic E-state index is 13.2. The van der Waals surface area contributed by atoms with E-state index in [1.54, 1.807) is 23.1 Å². The maximum absolute atomic E-state index is 13.2. The lowest BCUT2D eigenvalue weighted by Gasteiger charge is -2.05. The van der Waals surface area contributed by atoms with E-state index >= 15 is 0 Å². The number of halogens is 2. The summed E-state index contributed by atoms with van der Waals surface area (Å²) in [4.78, 5) is 7.37. The van der Waals surface area contributed by atoms with Gasteiger partial charge in [0.25, 0.3) is 0 Å². The molecule has 1 N–H and O–H groups in total. The molecule has 23 heavy (non-hydrogen) atoms. The van der Waals surface area contributed by atoms with Crippen LogP contribution in [0.3, 0.4) is 0 Å². The SMILES string of the molecule is Fc1ccc(-c2[nH]c3cc(Cl)ccc3c2Cn2cncn2)cc1. The Bertz CT molecular complexity index is 958. The standard InChI is InChI=1S/C17H12ClFN4/c18-12-3-6-14-15(8-23-10-20-9-21-23)17(22-16(14)7-12)11-1-4-13(19)5-2-11/h1-7,9-10,22H,8H2. The van der Waals surface area contributed by atoms with Gasteiger partial charge >= 0.3 is 0 Å². The van der Waals surface area contributed by atoms with Crippen molar-refractivity contribution in [2.24, 2.45) is 0 Å². The molecule has 4 aromatic rings. The van der Waals surface area contributed by atoms with Crippen molar-refractivity contribution in [2.75, 3.05) is 0 Å². The molecule has 2 heterocycles. The summed E-state index contributed by atoms with van der Waals surface area (Å²) in [6, 6.07) is 12.1. The Kier molecular flexibility index (Phi) is 3.35. The van der Waals surface area contributed by atoms with Gasteiger partial charge in [0.2, 0.25) is 0 Å². The average Bonchev–Trinajstić information content (AvgIpc) is 3.17. The van der Waals surface area contributed by atoms with Crippen LogP contribution in [0.2, 0.25) is 5.02 Å². The van der Waals surface area contributed by atoms with E-state index < -0.39 is 0 Å². The van der Waals surface area contributed by atoms with Gasteiger partial charge in [0.15, 0.2) is 0 Å². The van der Waals surface area contributed by atoms with Crippen LogP contribution in [-0.4, -0.2) is 19.7 Å². The van der Waals surface area contributed by atoms with Crippen LogP contribution in [0.25, 0.3) is 22.2 Å². The van der Waals surface area contributed by atoms with Crippen molar-refractivity contribution in [3.05, 3.63) is 71.5 Å². The molecule has 0 radical (unpaired) electrons. The topological polar surface area (TPSA) is 46.5 Å². The van der Waals surface area contributed by atoms with Crippen molar-refractivity contribution >= 4 is 22.5 Å². The third-order valence-electron chi connectivity index (χ3n) is 3.79. The smallest absolute Gasteiger partial charge is 0.137 e. The van der Waals surface area contributed by atoms with E-state index in [0.717, 1.165) is 27.7 Å². The number of nitrogens with zero attached hydrogens (tertiary/aromatic N) is 3. The summed E-state index contributed by atoms with van der Waals surface area (Å²) in [5.74, 6) is -0.259. The molecule has 0 saturated heterocycles. The number of aromatic nitrogens is 4. The molecule has 0 bridgehead atoms. The Morgan fingerprint density at radius 2 is 1.96 bits per heavy atom. The predicted molar refractivity (Wildman–Crippen MR) is 87.8 cm³/mol. The van der Waals surface area contributed by atoms with Crippen molar-refractivity contribution in [2.45, 2.75) is 6.54 Å². The quantitative estimate of drug-likeness (QED) is 0.611. The predicted octanol–water partition coefficient (Wildman–Crippen LogP) is 4.27. The van der Waals surface area contributed by atoms with Gasteiger partial charge in [-0.3, -0.25) is 0 Å². The number of fused-ring (bicyclic) bond motifs is 1. The molecule has 0 aliphatic carbocycles. The van der Waals surface area contributed by atoms with Crippen molar-refractivity contribution in [1.82, 2.24) is 19.7 Å². The summed E-state index contributed by atoms with van der Waals surface area (Å²) in [5.41, 5.74) is 3.84.